The van der Waals surface area contributed by atoms with Gasteiger partial charge in [0.1, 0.15) is 0 Å². The minimum atomic E-state index is 0.544. The van der Waals surface area contributed by atoms with E-state index in [0.29, 0.717) is 6.04 Å². The third-order valence-electron chi connectivity index (χ3n) is 1.86. The van der Waals surface area contributed by atoms with E-state index >= 15 is 0 Å². The van der Waals surface area contributed by atoms with Gasteiger partial charge in [-0.2, -0.15) is 0 Å². The van der Waals surface area contributed by atoms with E-state index in [1.807, 2.05) is 12.3 Å². The number of furan rings is 1. The van der Waals surface area contributed by atoms with E-state index < -0.39 is 0 Å². The first kappa shape index (κ1) is 9.33. The first-order valence-corrected chi connectivity index (χ1v) is 4.57. The molecule has 1 heterocycles. The molecule has 0 aliphatic carbocycles. The zero-order valence-corrected chi connectivity index (χ0v) is 7.84. The summed E-state index contributed by atoms with van der Waals surface area (Å²) in [7, 11) is 0. The molecule has 0 saturated carbocycles. The summed E-state index contributed by atoms with van der Waals surface area (Å²) in [6.45, 7) is 5.47. The summed E-state index contributed by atoms with van der Waals surface area (Å²) in [4.78, 5) is 0. The van der Waals surface area contributed by atoms with Crippen LogP contribution >= 0.6 is 0 Å². The SMILES string of the molecule is CCCNC(C)Cc1ccoc1. The van der Waals surface area contributed by atoms with Gasteiger partial charge in [-0.05, 0) is 37.9 Å². The predicted octanol–water partition coefficient (Wildman–Crippen LogP) is 2.21. The molecule has 1 aromatic heterocycles. The van der Waals surface area contributed by atoms with Crippen molar-refractivity contribution in [3.8, 4) is 0 Å². The van der Waals surface area contributed by atoms with E-state index in [-0.39, 0.29) is 0 Å². The highest BCUT2D eigenvalue weighted by Crippen LogP contribution is 2.03. The molecule has 2 heteroatoms. The quantitative estimate of drug-likeness (QED) is 0.727. The van der Waals surface area contributed by atoms with Gasteiger partial charge in [-0.1, -0.05) is 6.92 Å². The fraction of sp³-hybridized carbons (Fsp3) is 0.600. The zero-order valence-electron chi connectivity index (χ0n) is 7.84. The van der Waals surface area contributed by atoms with Gasteiger partial charge in [0.2, 0.25) is 0 Å². The van der Waals surface area contributed by atoms with Crippen molar-refractivity contribution in [2.75, 3.05) is 6.54 Å². The van der Waals surface area contributed by atoms with Crippen LogP contribution in [0.2, 0.25) is 0 Å². The molecule has 0 bridgehead atoms. The molecule has 0 fully saturated rings. The summed E-state index contributed by atoms with van der Waals surface area (Å²) in [5.74, 6) is 0. The molecular weight excluding hydrogens is 150 g/mol. The van der Waals surface area contributed by atoms with Gasteiger partial charge in [0, 0.05) is 6.04 Å². The fourth-order valence-electron chi connectivity index (χ4n) is 1.23. The van der Waals surface area contributed by atoms with Crippen LogP contribution in [0.5, 0.6) is 0 Å². The Morgan fingerprint density at radius 1 is 1.58 bits per heavy atom. The van der Waals surface area contributed by atoms with E-state index in [2.05, 4.69) is 19.2 Å². The Morgan fingerprint density at radius 2 is 2.42 bits per heavy atom. The number of hydrogen-bond acceptors (Lipinski definition) is 2. The maximum Gasteiger partial charge on any atom is 0.0935 e. The van der Waals surface area contributed by atoms with Crippen LogP contribution in [0, 0.1) is 0 Å². The molecule has 0 spiro atoms. The normalized spacial score (nSPS) is 13.2. The number of nitrogens with one attached hydrogen (secondary N) is 1. The summed E-state index contributed by atoms with van der Waals surface area (Å²) in [6, 6.07) is 2.56. The largest absolute Gasteiger partial charge is 0.472 e. The summed E-state index contributed by atoms with van der Waals surface area (Å²) in [5, 5.41) is 3.43. The minimum absolute atomic E-state index is 0.544. The molecule has 1 atom stereocenters. The molecule has 0 amide bonds. The molecule has 12 heavy (non-hydrogen) atoms. The smallest absolute Gasteiger partial charge is 0.0935 e. The third-order valence-corrected chi connectivity index (χ3v) is 1.86. The molecule has 0 radical (unpaired) electrons. The number of rotatable bonds is 5. The van der Waals surface area contributed by atoms with Gasteiger partial charge >= 0.3 is 0 Å². The second-order valence-electron chi connectivity index (χ2n) is 3.19. The van der Waals surface area contributed by atoms with Crippen LogP contribution in [0.3, 0.4) is 0 Å². The van der Waals surface area contributed by atoms with Crippen molar-refractivity contribution < 1.29 is 4.42 Å². The van der Waals surface area contributed by atoms with Gasteiger partial charge < -0.3 is 9.73 Å². The molecule has 68 valence electrons. The van der Waals surface area contributed by atoms with Gasteiger partial charge in [0.15, 0.2) is 0 Å². The first-order chi connectivity index (χ1) is 5.83. The van der Waals surface area contributed by atoms with Crippen LogP contribution in [0.1, 0.15) is 25.8 Å². The van der Waals surface area contributed by atoms with Crippen LogP contribution in [0.15, 0.2) is 23.0 Å². The number of hydrogen-bond donors (Lipinski definition) is 1. The van der Waals surface area contributed by atoms with Crippen molar-refractivity contribution in [2.24, 2.45) is 0 Å². The summed E-state index contributed by atoms with van der Waals surface area (Å²) in [5.41, 5.74) is 1.27. The van der Waals surface area contributed by atoms with Gasteiger partial charge in [-0.15, -0.1) is 0 Å². The Hall–Kier alpha value is -0.760. The van der Waals surface area contributed by atoms with Crippen molar-refractivity contribution in [1.82, 2.24) is 5.32 Å². The Morgan fingerprint density at radius 3 is 3.00 bits per heavy atom. The van der Waals surface area contributed by atoms with E-state index in [4.69, 9.17) is 4.42 Å². The molecule has 0 aromatic carbocycles. The van der Waals surface area contributed by atoms with Crippen molar-refractivity contribution in [1.29, 1.82) is 0 Å². The molecule has 1 N–H and O–H groups in total. The average molecular weight is 167 g/mol. The first-order valence-electron chi connectivity index (χ1n) is 4.57. The van der Waals surface area contributed by atoms with Gasteiger partial charge in [0.05, 0.1) is 12.5 Å². The van der Waals surface area contributed by atoms with Crippen molar-refractivity contribution >= 4 is 0 Å². The van der Waals surface area contributed by atoms with E-state index in [1.54, 1.807) is 6.26 Å². The van der Waals surface area contributed by atoms with Crippen molar-refractivity contribution in [2.45, 2.75) is 32.7 Å². The highest BCUT2D eigenvalue weighted by atomic mass is 16.3. The van der Waals surface area contributed by atoms with Crippen LogP contribution in [0.25, 0.3) is 0 Å². The third kappa shape index (κ3) is 3.09. The molecule has 0 aliphatic rings. The maximum atomic E-state index is 4.99. The van der Waals surface area contributed by atoms with Crippen molar-refractivity contribution in [3.05, 3.63) is 24.2 Å². The highest BCUT2D eigenvalue weighted by Gasteiger charge is 2.02. The van der Waals surface area contributed by atoms with Gasteiger partial charge in [-0.25, -0.2) is 0 Å². The maximum absolute atomic E-state index is 4.99. The lowest BCUT2D eigenvalue weighted by molar-refractivity contribution is 0.532. The molecule has 1 unspecified atom stereocenters. The summed E-state index contributed by atoms with van der Waals surface area (Å²) in [6.07, 6.45) is 5.78. The lowest BCUT2D eigenvalue weighted by Gasteiger charge is -2.10. The molecule has 2 nitrogen and oxygen atoms in total. The van der Waals surface area contributed by atoms with E-state index in [0.717, 1.165) is 13.0 Å². The Bertz CT molecular complexity index is 194. The summed E-state index contributed by atoms with van der Waals surface area (Å²) >= 11 is 0. The predicted molar refractivity (Wildman–Crippen MR) is 50.2 cm³/mol. The van der Waals surface area contributed by atoms with Crippen molar-refractivity contribution in [3.63, 3.8) is 0 Å². The highest BCUT2D eigenvalue weighted by molar-refractivity contribution is 5.06. The Kier molecular flexibility index (Phi) is 3.88. The molecule has 1 aromatic rings. The average Bonchev–Trinajstić information content (AvgIpc) is 2.53. The molecule has 0 saturated heterocycles. The lowest BCUT2D eigenvalue weighted by atomic mass is 10.1. The fourth-order valence-corrected chi connectivity index (χ4v) is 1.23. The van der Waals surface area contributed by atoms with E-state index in [9.17, 15) is 0 Å². The molecule has 1 rings (SSSR count). The summed E-state index contributed by atoms with van der Waals surface area (Å²) < 4.78 is 4.99. The second-order valence-corrected chi connectivity index (χ2v) is 3.19. The van der Waals surface area contributed by atoms with Crippen LogP contribution in [0.4, 0.5) is 0 Å². The monoisotopic (exact) mass is 167 g/mol. The minimum Gasteiger partial charge on any atom is -0.472 e. The molecular formula is C10H17NO. The molecule has 0 aliphatic heterocycles. The van der Waals surface area contributed by atoms with Gasteiger partial charge in [-0.3, -0.25) is 0 Å². The zero-order chi connectivity index (χ0) is 8.81. The van der Waals surface area contributed by atoms with E-state index in [1.165, 1.54) is 12.0 Å². The standard InChI is InChI=1S/C10H17NO/c1-3-5-11-9(2)7-10-4-6-12-8-10/h4,6,8-9,11H,3,5,7H2,1-2H3. The Balaban J connectivity index is 2.22. The van der Waals surface area contributed by atoms with Crippen LogP contribution in [-0.4, -0.2) is 12.6 Å². The van der Waals surface area contributed by atoms with Gasteiger partial charge in [0.25, 0.3) is 0 Å². The van der Waals surface area contributed by atoms with Crippen LogP contribution < -0.4 is 5.32 Å². The topological polar surface area (TPSA) is 25.2 Å². The second kappa shape index (κ2) is 4.99. The Labute approximate surface area is 74.0 Å². The van der Waals surface area contributed by atoms with Crippen LogP contribution in [-0.2, 0) is 6.42 Å². The lowest BCUT2D eigenvalue weighted by Crippen LogP contribution is -2.28.